The van der Waals surface area contributed by atoms with Crippen molar-refractivity contribution in [3.05, 3.63) is 208 Å². The average molecular weight is 778 g/mol. The van der Waals surface area contributed by atoms with Crippen LogP contribution in [0, 0.1) is 0 Å². The normalized spacial score (nSPS) is 15.1. The van der Waals surface area contributed by atoms with Crippen molar-refractivity contribution >= 4 is 27.8 Å². The third-order valence-corrected chi connectivity index (χ3v) is 13.8. The molecule has 0 amide bonds. The van der Waals surface area contributed by atoms with Gasteiger partial charge in [0, 0.05) is 33.3 Å². The second-order valence-corrected chi connectivity index (χ2v) is 19.8. The van der Waals surface area contributed by atoms with E-state index in [1.165, 1.54) is 77.5 Å². The van der Waals surface area contributed by atoms with Crippen LogP contribution in [0.5, 0.6) is 11.5 Å². The first kappa shape index (κ1) is 36.7. The minimum Gasteiger partial charge on any atom is -0.457 e. The first-order valence-electron chi connectivity index (χ1n) is 21.5. The summed E-state index contributed by atoms with van der Waals surface area (Å²) in [4.78, 5) is 2.51. The summed E-state index contributed by atoms with van der Waals surface area (Å²) in [6.45, 7) is 18.6. The largest absolute Gasteiger partial charge is 0.457 e. The van der Waals surface area contributed by atoms with E-state index in [0.717, 1.165) is 28.6 Å². The molecule has 294 valence electrons. The van der Waals surface area contributed by atoms with Gasteiger partial charge in [0.2, 0.25) is 0 Å². The standard InChI is InChI=1S/C58H51NO/c1-55(2,3)37-24-30-53-50(32-37)58(51-33-38(56(4,5)6)25-31-54(51)60-53)47-22-14-12-20-43(47)45-29-27-40(35-49(45)58)59(52-23-15-17-36-16-9-10-18-41(36)52)39-26-28-44-42-19-11-13-21-46(42)57(7,8)48(44)34-39/h9-35H,1-8H3. The van der Waals surface area contributed by atoms with Crippen molar-refractivity contribution in [2.24, 2.45) is 0 Å². The van der Waals surface area contributed by atoms with E-state index in [9.17, 15) is 0 Å². The van der Waals surface area contributed by atoms with Gasteiger partial charge in [-0.05, 0) is 126 Å². The molecule has 1 aliphatic heterocycles. The molecule has 1 spiro atoms. The Kier molecular flexibility index (Phi) is 7.68. The predicted molar refractivity (Wildman–Crippen MR) is 251 cm³/mol. The molecule has 0 saturated carbocycles. The third-order valence-electron chi connectivity index (χ3n) is 13.8. The highest BCUT2D eigenvalue weighted by atomic mass is 16.5. The van der Waals surface area contributed by atoms with Gasteiger partial charge in [-0.25, -0.2) is 0 Å². The Morgan fingerprint density at radius 3 is 1.55 bits per heavy atom. The van der Waals surface area contributed by atoms with Gasteiger partial charge in [0.1, 0.15) is 11.5 Å². The molecule has 0 unspecified atom stereocenters. The molecular weight excluding hydrogens is 727 g/mol. The Balaban J connectivity index is 1.23. The van der Waals surface area contributed by atoms with Gasteiger partial charge in [-0.3, -0.25) is 0 Å². The topological polar surface area (TPSA) is 12.5 Å². The molecule has 0 radical (unpaired) electrons. The zero-order valence-electron chi connectivity index (χ0n) is 35.9. The highest BCUT2D eigenvalue weighted by molar-refractivity contribution is 6.00. The van der Waals surface area contributed by atoms with E-state index in [0.29, 0.717) is 0 Å². The fraction of sp³-hybridized carbons (Fsp3) is 0.207. The van der Waals surface area contributed by atoms with E-state index in [4.69, 9.17) is 4.74 Å². The maximum atomic E-state index is 6.97. The zero-order valence-corrected chi connectivity index (χ0v) is 35.9. The van der Waals surface area contributed by atoms with Crippen molar-refractivity contribution < 1.29 is 4.74 Å². The summed E-state index contributed by atoms with van der Waals surface area (Å²) in [6.07, 6.45) is 0. The van der Waals surface area contributed by atoms with Gasteiger partial charge >= 0.3 is 0 Å². The fourth-order valence-corrected chi connectivity index (χ4v) is 10.7. The Morgan fingerprint density at radius 2 is 0.917 bits per heavy atom. The first-order valence-corrected chi connectivity index (χ1v) is 21.5. The summed E-state index contributed by atoms with van der Waals surface area (Å²) < 4.78 is 6.97. The molecule has 0 bridgehead atoms. The maximum absolute atomic E-state index is 6.97. The van der Waals surface area contributed by atoms with Crippen molar-refractivity contribution in [2.45, 2.75) is 77.0 Å². The number of hydrogen-bond donors (Lipinski definition) is 0. The molecule has 2 aliphatic carbocycles. The van der Waals surface area contributed by atoms with Crippen LogP contribution in [0.15, 0.2) is 164 Å². The second-order valence-electron chi connectivity index (χ2n) is 19.8. The molecule has 0 fully saturated rings. The van der Waals surface area contributed by atoms with Crippen molar-refractivity contribution in [2.75, 3.05) is 4.90 Å². The highest BCUT2D eigenvalue weighted by Crippen LogP contribution is 2.63. The van der Waals surface area contributed by atoms with Crippen molar-refractivity contribution in [3.63, 3.8) is 0 Å². The Morgan fingerprint density at radius 1 is 0.417 bits per heavy atom. The van der Waals surface area contributed by atoms with Crippen LogP contribution >= 0.6 is 0 Å². The van der Waals surface area contributed by atoms with Crippen LogP contribution in [0.2, 0.25) is 0 Å². The lowest BCUT2D eigenvalue weighted by atomic mass is 9.64. The van der Waals surface area contributed by atoms with E-state index < -0.39 is 5.41 Å². The van der Waals surface area contributed by atoms with Gasteiger partial charge in [0.15, 0.2) is 0 Å². The lowest BCUT2D eigenvalue weighted by molar-refractivity contribution is 0.433. The molecular formula is C58H51NO. The molecule has 0 aromatic heterocycles. The van der Waals surface area contributed by atoms with Crippen LogP contribution in [-0.2, 0) is 21.7 Å². The lowest BCUT2D eigenvalue weighted by Gasteiger charge is -2.41. The number of anilines is 3. The zero-order chi connectivity index (χ0) is 41.3. The molecule has 2 nitrogen and oxygen atoms in total. The molecule has 0 saturated heterocycles. The van der Waals surface area contributed by atoms with E-state index >= 15 is 0 Å². The first-order chi connectivity index (χ1) is 28.8. The van der Waals surface area contributed by atoms with Gasteiger partial charge in [-0.1, -0.05) is 165 Å². The Bertz CT molecular complexity index is 3010. The molecule has 60 heavy (non-hydrogen) atoms. The number of rotatable bonds is 3. The summed E-state index contributed by atoms with van der Waals surface area (Å²) in [5, 5.41) is 2.43. The Hall–Kier alpha value is -6.38. The average Bonchev–Trinajstić information content (AvgIpc) is 3.65. The van der Waals surface area contributed by atoms with E-state index in [1.54, 1.807) is 0 Å². The van der Waals surface area contributed by atoms with Crippen LogP contribution in [0.3, 0.4) is 0 Å². The minimum atomic E-state index is -0.626. The van der Waals surface area contributed by atoms with Crippen molar-refractivity contribution in [1.29, 1.82) is 0 Å². The van der Waals surface area contributed by atoms with Gasteiger partial charge in [-0.2, -0.15) is 0 Å². The molecule has 3 aliphatic rings. The maximum Gasteiger partial charge on any atom is 0.132 e. The summed E-state index contributed by atoms with van der Waals surface area (Å²) >= 11 is 0. The van der Waals surface area contributed by atoms with Gasteiger partial charge in [-0.15, -0.1) is 0 Å². The van der Waals surface area contributed by atoms with Crippen LogP contribution < -0.4 is 9.64 Å². The van der Waals surface area contributed by atoms with Crippen LogP contribution in [0.25, 0.3) is 33.0 Å². The number of fused-ring (bicyclic) bond motifs is 13. The number of nitrogens with zero attached hydrogens (tertiary/aromatic N) is 1. The molecule has 0 N–H and O–H groups in total. The SMILES string of the molecule is CC(C)(C)c1ccc2c(c1)C1(c3cc(C(C)(C)C)ccc3O2)c2ccccc2-c2ccc(N(c3ccc4c(c3)C(C)(C)c3ccccc3-4)c3cccc4ccccc34)cc21. The molecule has 8 aromatic rings. The smallest absolute Gasteiger partial charge is 0.132 e. The summed E-state index contributed by atoms with van der Waals surface area (Å²) in [5.74, 6) is 1.83. The molecule has 11 rings (SSSR count). The van der Waals surface area contributed by atoms with Crippen LogP contribution in [0.1, 0.15) is 99.9 Å². The quantitative estimate of drug-likeness (QED) is 0.177. The van der Waals surface area contributed by atoms with Crippen molar-refractivity contribution in [3.8, 4) is 33.8 Å². The van der Waals surface area contributed by atoms with Crippen molar-refractivity contribution in [1.82, 2.24) is 0 Å². The van der Waals surface area contributed by atoms with Gasteiger partial charge < -0.3 is 9.64 Å². The number of hydrogen-bond acceptors (Lipinski definition) is 2. The summed E-state index contributed by atoms with van der Waals surface area (Å²) in [6, 6.07) is 61.8. The van der Waals surface area contributed by atoms with Crippen LogP contribution in [-0.4, -0.2) is 0 Å². The predicted octanol–water partition coefficient (Wildman–Crippen LogP) is 15.7. The second kappa shape index (κ2) is 12.6. The monoisotopic (exact) mass is 777 g/mol. The molecule has 8 aromatic carbocycles. The summed E-state index contributed by atoms with van der Waals surface area (Å²) in [5.41, 5.74) is 18.0. The van der Waals surface area contributed by atoms with E-state index in [1.807, 2.05) is 0 Å². The fourth-order valence-electron chi connectivity index (χ4n) is 10.7. The molecule has 0 atom stereocenters. The van der Waals surface area contributed by atoms with E-state index in [2.05, 4.69) is 224 Å². The minimum absolute atomic E-state index is 0.0568. The molecule has 1 heterocycles. The van der Waals surface area contributed by atoms with Gasteiger partial charge in [0.05, 0.1) is 11.1 Å². The Labute approximate surface area is 355 Å². The number of benzene rings is 8. The third kappa shape index (κ3) is 5.13. The molecule has 2 heteroatoms. The highest BCUT2D eigenvalue weighted by Gasteiger charge is 2.52. The summed E-state index contributed by atoms with van der Waals surface area (Å²) in [7, 11) is 0. The van der Waals surface area contributed by atoms with E-state index in [-0.39, 0.29) is 16.2 Å². The van der Waals surface area contributed by atoms with Crippen LogP contribution in [0.4, 0.5) is 17.1 Å². The van der Waals surface area contributed by atoms with Gasteiger partial charge in [0.25, 0.3) is 0 Å². The number of ether oxygens (including phenoxy) is 1. The lowest BCUT2D eigenvalue weighted by Crippen LogP contribution is -2.33.